The third kappa shape index (κ3) is 4.21. The van der Waals surface area contributed by atoms with E-state index in [0.717, 1.165) is 35.2 Å². The number of rotatable bonds is 3. The van der Waals surface area contributed by atoms with Gasteiger partial charge >= 0.3 is 6.03 Å². The van der Waals surface area contributed by atoms with Gasteiger partial charge < -0.3 is 20.6 Å². The van der Waals surface area contributed by atoms with E-state index in [1.165, 1.54) is 11.1 Å². The van der Waals surface area contributed by atoms with Gasteiger partial charge in [0.1, 0.15) is 5.82 Å². The van der Waals surface area contributed by atoms with Crippen LogP contribution in [0.15, 0.2) is 54.6 Å². The van der Waals surface area contributed by atoms with Crippen LogP contribution in [-0.4, -0.2) is 39.7 Å². The number of anilines is 2. The lowest BCUT2D eigenvalue weighted by atomic mass is 9.94. The number of urea groups is 1. The average molecular weight is 417 g/mol. The number of hydrogen-bond donors (Lipinski definition) is 3. The molecule has 2 aliphatic rings. The lowest BCUT2D eigenvalue weighted by Gasteiger charge is -2.35. The Labute approximate surface area is 182 Å². The van der Waals surface area contributed by atoms with Gasteiger partial charge in [-0.1, -0.05) is 24.3 Å². The van der Waals surface area contributed by atoms with Gasteiger partial charge in [0, 0.05) is 24.2 Å². The molecule has 160 valence electrons. The van der Waals surface area contributed by atoms with Crippen molar-refractivity contribution in [3.05, 3.63) is 65.7 Å². The summed E-state index contributed by atoms with van der Waals surface area (Å²) in [6.07, 6.45) is 3.38. The maximum Gasteiger partial charge on any atom is 0.321 e. The van der Waals surface area contributed by atoms with Crippen LogP contribution < -0.4 is 10.6 Å². The fourth-order valence-electron chi connectivity index (χ4n) is 4.56. The summed E-state index contributed by atoms with van der Waals surface area (Å²) < 4.78 is 0. The number of nitrogens with zero attached hydrogens (tertiary/aromatic N) is 2. The number of benzene rings is 2. The molecule has 3 aromatic rings. The van der Waals surface area contributed by atoms with Crippen LogP contribution in [0.1, 0.15) is 43.4 Å². The minimum atomic E-state index is -0.669. The van der Waals surface area contributed by atoms with Crippen molar-refractivity contribution < 1.29 is 9.90 Å². The summed E-state index contributed by atoms with van der Waals surface area (Å²) in [4.78, 5) is 19.1. The summed E-state index contributed by atoms with van der Waals surface area (Å²) in [5.74, 6) is 0.867. The number of hydrogen-bond acceptors (Lipinski definition) is 4. The Kier molecular flexibility index (Phi) is 5.02. The number of nitrogens with one attached hydrogen (secondary N) is 2. The highest BCUT2D eigenvalue weighted by Crippen LogP contribution is 2.33. The van der Waals surface area contributed by atoms with Crippen molar-refractivity contribution in [3.63, 3.8) is 0 Å². The Hall–Kier alpha value is -3.12. The highest BCUT2D eigenvalue weighted by molar-refractivity contribution is 5.93. The molecule has 2 aromatic carbocycles. The van der Waals surface area contributed by atoms with Crippen molar-refractivity contribution in [2.75, 3.05) is 23.7 Å². The lowest BCUT2D eigenvalue weighted by molar-refractivity contribution is 0.00570. The van der Waals surface area contributed by atoms with Gasteiger partial charge in [-0.05, 0) is 74.1 Å². The first-order valence-corrected chi connectivity index (χ1v) is 11.0. The smallest absolute Gasteiger partial charge is 0.321 e. The predicted molar refractivity (Wildman–Crippen MR) is 123 cm³/mol. The van der Waals surface area contributed by atoms with E-state index in [0.29, 0.717) is 32.0 Å². The molecule has 0 spiro atoms. The number of pyridine rings is 1. The van der Waals surface area contributed by atoms with Gasteiger partial charge in [0.05, 0.1) is 17.2 Å². The fraction of sp³-hybridized carbons (Fsp3) is 0.360. The van der Waals surface area contributed by atoms with Crippen LogP contribution in [-0.2, 0) is 6.42 Å². The Morgan fingerprint density at radius 1 is 1.13 bits per heavy atom. The molecule has 1 saturated heterocycles. The molecule has 1 fully saturated rings. The van der Waals surface area contributed by atoms with Gasteiger partial charge in [0.2, 0.25) is 0 Å². The number of carbonyl (C=O) groups excluding carboxylic acids is 1. The third-order valence-corrected chi connectivity index (χ3v) is 6.52. The van der Waals surface area contributed by atoms with E-state index in [2.05, 4.69) is 34.9 Å². The van der Waals surface area contributed by atoms with E-state index in [9.17, 15) is 9.90 Å². The zero-order valence-electron chi connectivity index (χ0n) is 17.8. The fourth-order valence-corrected chi connectivity index (χ4v) is 4.56. The van der Waals surface area contributed by atoms with Crippen molar-refractivity contribution in [2.45, 2.75) is 44.2 Å². The standard InChI is InChI=1S/C25H28N4O2/c1-25(31)12-14-29(15-13-25)24(30)26-19-8-10-21-18(16-19)7-11-23(27-21)28-22-9-6-17-4-2-3-5-20(17)22/h2-5,7-8,10-11,16,22,31H,6,9,12-15H2,1H3,(H,26,30)(H,27,28)/t22-/m1/s1. The van der Waals surface area contributed by atoms with E-state index in [-0.39, 0.29) is 6.03 Å². The molecule has 2 heterocycles. The van der Waals surface area contributed by atoms with E-state index in [1.54, 1.807) is 4.90 Å². The molecule has 6 nitrogen and oxygen atoms in total. The van der Waals surface area contributed by atoms with Gasteiger partial charge in [-0.15, -0.1) is 0 Å². The molecular formula is C25H28N4O2. The second kappa shape index (κ2) is 7.85. The molecule has 1 aromatic heterocycles. The number of aryl methyl sites for hydroxylation is 1. The Balaban J connectivity index is 1.27. The number of amides is 2. The highest BCUT2D eigenvalue weighted by Gasteiger charge is 2.29. The van der Waals surface area contributed by atoms with Crippen LogP contribution in [0.2, 0.25) is 0 Å². The molecule has 3 N–H and O–H groups in total. The molecular weight excluding hydrogens is 388 g/mol. The molecule has 0 unspecified atom stereocenters. The lowest BCUT2D eigenvalue weighted by Crippen LogP contribution is -2.46. The average Bonchev–Trinajstić information content (AvgIpc) is 3.16. The molecule has 5 rings (SSSR count). The van der Waals surface area contributed by atoms with E-state index < -0.39 is 5.60 Å². The van der Waals surface area contributed by atoms with Crippen LogP contribution in [0.25, 0.3) is 10.9 Å². The quantitative estimate of drug-likeness (QED) is 0.578. The number of fused-ring (bicyclic) bond motifs is 2. The van der Waals surface area contributed by atoms with Gasteiger partial charge in [0.15, 0.2) is 0 Å². The van der Waals surface area contributed by atoms with Crippen LogP contribution in [0.5, 0.6) is 0 Å². The first kappa shape index (κ1) is 19.8. The van der Waals surface area contributed by atoms with Gasteiger partial charge in [-0.2, -0.15) is 0 Å². The molecule has 0 bridgehead atoms. The summed E-state index contributed by atoms with van der Waals surface area (Å²) in [5, 5.41) is 17.6. The predicted octanol–water partition coefficient (Wildman–Crippen LogP) is 4.71. The summed E-state index contributed by atoms with van der Waals surface area (Å²) in [6.45, 7) is 2.95. The monoisotopic (exact) mass is 416 g/mol. The Morgan fingerprint density at radius 2 is 1.94 bits per heavy atom. The van der Waals surface area contributed by atoms with Crippen LogP contribution >= 0.6 is 0 Å². The van der Waals surface area contributed by atoms with Crippen molar-refractivity contribution in [2.24, 2.45) is 0 Å². The SMILES string of the molecule is CC1(O)CCN(C(=O)Nc2ccc3nc(N[C@@H]4CCc5ccccc54)ccc3c2)CC1. The van der Waals surface area contributed by atoms with E-state index >= 15 is 0 Å². The van der Waals surface area contributed by atoms with Crippen molar-refractivity contribution in [1.29, 1.82) is 0 Å². The molecule has 0 saturated carbocycles. The largest absolute Gasteiger partial charge is 0.390 e. The Morgan fingerprint density at radius 3 is 2.77 bits per heavy atom. The van der Waals surface area contributed by atoms with E-state index in [1.807, 2.05) is 37.3 Å². The molecule has 1 atom stereocenters. The minimum Gasteiger partial charge on any atom is -0.390 e. The molecule has 2 amide bonds. The number of carbonyl (C=O) groups is 1. The topological polar surface area (TPSA) is 77.5 Å². The van der Waals surface area contributed by atoms with Crippen LogP contribution in [0.3, 0.4) is 0 Å². The normalized spacial score (nSPS) is 19.8. The molecule has 0 radical (unpaired) electrons. The summed E-state index contributed by atoms with van der Waals surface area (Å²) in [7, 11) is 0. The van der Waals surface area contributed by atoms with E-state index in [4.69, 9.17) is 4.98 Å². The first-order valence-electron chi connectivity index (χ1n) is 11.0. The van der Waals surface area contributed by atoms with Crippen molar-refractivity contribution >= 4 is 28.4 Å². The molecule has 31 heavy (non-hydrogen) atoms. The highest BCUT2D eigenvalue weighted by atomic mass is 16.3. The number of aromatic nitrogens is 1. The summed E-state index contributed by atoms with van der Waals surface area (Å²) in [6, 6.07) is 18.6. The number of aliphatic hydroxyl groups is 1. The van der Waals surface area contributed by atoms with Crippen molar-refractivity contribution in [1.82, 2.24) is 9.88 Å². The van der Waals surface area contributed by atoms with Crippen LogP contribution in [0.4, 0.5) is 16.3 Å². The Bertz CT molecular complexity index is 1120. The number of likely N-dealkylation sites (tertiary alicyclic amines) is 1. The maximum absolute atomic E-state index is 12.6. The van der Waals surface area contributed by atoms with Gasteiger partial charge in [-0.25, -0.2) is 9.78 Å². The number of piperidine rings is 1. The zero-order valence-corrected chi connectivity index (χ0v) is 17.8. The maximum atomic E-state index is 12.6. The first-order chi connectivity index (χ1) is 15.0. The second-order valence-electron chi connectivity index (χ2n) is 8.95. The molecule has 1 aliphatic heterocycles. The minimum absolute atomic E-state index is 0.124. The molecule has 6 heteroatoms. The third-order valence-electron chi connectivity index (χ3n) is 6.52. The zero-order chi connectivity index (χ0) is 21.4. The second-order valence-corrected chi connectivity index (χ2v) is 8.95. The van der Waals surface area contributed by atoms with Crippen LogP contribution in [0, 0.1) is 0 Å². The molecule has 1 aliphatic carbocycles. The summed E-state index contributed by atoms with van der Waals surface area (Å²) >= 11 is 0. The summed E-state index contributed by atoms with van der Waals surface area (Å²) in [5.41, 5.74) is 3.75. The van der Waals surface area contributed by atoms with Gasteiger partial charge in [0.25, 0.3) is 0 Å². The van der Waals surface area contributed by atoms with Gasteiger partial charge in [-0.3, -0.25) is 0 Å². The van der Waals surface area contributed by atoms with Crippen molar-refractivity contribution in [3.8, 4) is 0 Å².